The minimum absolute atomic E-state index is 0.101. The van der Waals surface area contributed by atoms with Crippen LogP contribution in [-0.2, 0) is 0 Å². The molecule has 0 amide bonds. The molecule has 2 aromatic rings. The second-order valence-corrected chi connectivity index (χ2v) is 8.48. The van der Waals surface area contributed by atoms with Crippen molar-refractivity contribution < 1.29 is 9.84 Å². The van der Waals surface area contributed by atoms with Crippen LogP contribution in [0.5, 0.6) is 5.75 Å². The van der Waals surface area contributed by atoms with Crippen LogP contribution in [0, 0.1) is 0 Å². The first-order valence-electron chi connectivity index (χ1n) is 5.63. The molecule has 3 rings (SSSR count). The van der Waals surface area contributed by atoms with E-state index in [0.29, 0.717) is 6.42 Å². The van der Waals surface area contributed by atoms with Gasteiger partial charge in [0.15, 0.2) is 0 Å². The topological polar surface area (TPSA) is 29.5 Å². The smallest absolute Gasteiger partial charge is 0.136 e. The molecular weight excluding hydrogens is 460 g/mol. The number of aliphatic hydroxyl groups is 1. The van der Waals surface area contributed by atoms with Crippen LogP contribution in [0.25, 0.3) is 0 Å². The Hall–Kier alpha value is 0.120. The lowest BCUT2D eigenvalue weighted by Crippen LogP contribution is -2.18. The van der Waals surface area contributed by atoms with Gasteiger partial charge >= 0.3 is 0 Å². The maximum absolute atomic E-state index is 10.3. The lowest BCUT2D eigenvalue weighted by atomic mass is 9.98. The van der Waals surface area contributed by atoms with E-state index in [1.165, 1.54) is 0 Å². The third kappa shape index (κ3) is 2.78. The second-order valence-electron chi connectivity index (χ2n) is 4.31. The van der Waals surface area contributed by atoms with Gasteiger partial charge < -0.3 is 9.84 Å². The molecule has 1 aromatic heterocycles. The molecule has 2 heterocycles. The van der Waals surface area contributed by atoms with Gasteiger partial charge in [-0.15, -0.1) is 11.3 Å². The molecule has 0 saturated heterocycles. The first kappa shape index (κ1) is 14.1. The highest BCUT2D eigenvalue weighted by Gasteiger charge is 2.29. The van der Waals surface area contributed by atoms with E-state index in [0.717, 1.165) is 28.9 Å². The molecule has 1 aromatic carbocycles. The summed E-state index contributed by atoms with van der Waals surface area (Å²) in [5.41, 5.74) is 0.848. The highest BCUT2D eigenvalue weighted by Crippen LogP contribution is 2.45. The number of hydrogen-bond donors (Lipinski definition) is 1. The summed E-state index contributed by atoms with van der Waals surface area (Å²) in [6, 6.07) is 7.77. The number of benzene rings is 1. The van der Waals surface area contributed by atoms with Crippen molar-refractivity contribution in [2.75, 3.05) is 0 Å². The Bertz CT molecular complexity index is 607. The molecule has 2 atom stereocenters. The quantitative estimate of drug-likeness (QED) is 0.591. The van der Waals surface area contributed by atoms with Gasteiger partial charge in [-0.2, -0.15) is 0 Å². The monoisotopic (exact) mass is 466 g/mol. The number of halogens is 3. The van der Waals surface area contributed by atoms with Crippen LogP contribution in [0.3, 0.4) is 0 Å². The van der Waals surface area contributed by atoms with Crippen LogP contribution in [0.15, 0.2) is 37.0 Å². The zero-order chi connectivity index (χ0) is 13.6. The Balaban J connectivity index is 1.94. The van der Waals surface area contributed by atoms with Gasteiger partial charge in [0.2, 0.25) is 0 Å². The predicted octanol–water partition coefficient (Wildman–Crippen LogP) is 5.59. The van der Waals surface area contributed by atoms with E-state index in [1.54, 1.807) is 11.3 Å². The van der Waals surface area contributed by atoms with E-state index in [4.69, 9.17) is 4.74 Å². The van der Waals surface area contributed by atoms with Gasteiger partial charge in [-0.25, -0.2) is 0 Å². The van der Waals surface area contributed by atoms with Gasteiger partial charge in [-0.3, -0.25) is 0 Å². The third-order valence-corrected chi connectivity index (χ3v) is 6.86. The molecule has 1 aliphatic rings. The summed E-state index contributed by atoms with van der Waals surface area (Å²) < 4.78 is 9.02. The first-order chi connectivity index (χ1) is 9.04. The number of hydrogen-bond acceptors (Lipinski definition) is 3. The minimum atomic E-state index is -0.495. The Morgan fingerprint density at radius 1 is 1.21 bits per heavy atom. The Kier molecular flexibility index (Phi) is 4.06. The number of rotatable bonds is 1. The first-order valence-corrected chi connectivity index (χ1v) is 8.83. The summed E-state index contributed by atoms with van der Waals surface area (Å²) in [4.78, 5) is 1.10. The van der Waals surface area contributed by atoms with E-state index in [-0.39, 0.29) is 6.10 Å². The van der Waals surface area contributed by atoms with Crippen molar-refractivity contribution in [2.45, 2.75) is 18.6 Å². The van der Waals surface area contributed by atoms with Crippen LogP contribution < -0.4 is 4.74 Å². The average Bonchev–Trinajstić information content (AvgIpc) is 2.70. The molecule has 0 spiro atoms. The molecule has 1 N–H and O–H groups in total. The van der Waals surface area contributed by atoms with Crippen LogP contribution in [0.1, 0.15) is 29.1 Å². The summed E-state index contributed by atoms with van der Waals surface area (Å²) in [5, 5.41) is 10.3. The highest BCUT2D eigenvalue weighted by molar-refractivity contribution is 9.13. The van der Waals surface area contributed by atoms with Gasteiger partial charge in [0.25, 0.3) is 0 Å². The van der Waals surface area contributed by atoms with Crippen molar-refractivity contribution in [3.63, 3.8) is 0 Å². The molecule has 100 valence electrons. The van der Waals surface area contributed by atoms with E-state index in [1.807, 2.05) is 24.3 Å². The van der Waals surface area contributed by atoms with E-state index >= 15 is 0 Å². The van der Waals surface area contributed by atoms with Crippen molar-refractivity contribution >= 4 is 59.1 Å². The maximum atomic E-state index is 10.3. The molecule has 1 unspecified atom stereocenters. The van der Waals surface area contributed by atoms with Gasteiger partial charge in [0, 0.05) is 25.8 Å². The Morgan fingerprint density at radius 3 is 2.68 bits per heavy atom. The molecule has 0 bridgehead atoms. The molecule has 19 heavy (non-hydrogen) atoms. The van der Waals surface area contributed by atoms with Gasteiger partial charge in [-0.1, -0.05) is 15.9 Å². The van der Waals surface area contributed by atoms with Crippen LogP contribution in [-0.4, -0.2) is 5.11 Å². The highest BCUT2D eigenvalue weighted by atomic mass is 79.9. The zero-order valence-electron chi connectivity index (χ0n) is 9.57. The standard InChI is InChI=1S/C13H9Br3O2S/c14-6-1-2-10-7(3-6)9(17)5-11(18-10)12-4-8(15)13(16)19-12/h1-4,9,11,17H,5H2/t9-,11?/m1/s1. The number of thiophene rings is 1. The van der Waals surface area contributed by atoms with E-state index in [9.17, 15) is 5.11 Å². The van der Waals surface area contributed by atoms with Crippen LogP contribution in [0.4, 0.5) is 0 Å². The molecular formula is C13H9Br3O2S. The van der Waals surface area contributed by atoms with E-state index in [2.05, 4.69) is 47.8 Å². The largest absolute Gasteiger partial charge is 0.484 e. The van der Waals surface area contributed by atoms with Crippen molar-refractivity contribution in [3.8, 4) is 5.75 Å². The molecule has 1 aliphatic heterocycles. The third-order valence-electron chi connectivity index (χ3n) is 3.02. The fraction of sp³-hybridized carbons (Fsp3) is 0.231. The van der Waals surface area contributed by atoms with Crippen molar-refractivity contribution in [1.29, 1.82) is 0 Å². The molecule has 0 saturated carbocycles. The number of fused-ring (bicyclic) bond motifs is 1. The molecule has 0 fully saturated rings. The molecule has 2 nitrogen and oxygen atoms in total. The van der Waals surface area contributed by atoms with Gasteiger partial charge in [0.1, 0.15) is 11.9 Å². The van der Waals surface area contributed by atoms with Crippen molar-refractivity contribution in [3.05, 3.63) is 47.4 Å². The van der Waals surface area contributed by atoms with Gasteiger partial charge in [0.05, 0.1) is 9.89 Å². The lowest BCUT2D eigenvalue weighted by Gasteiger charge is -2.29. The fourth-order valence-corrected chi connectivity index (χ4v) is 4.63. The molecule has 0 aliphatic carbocycles. The maximum Gasteiger partial charge on any atom is 0.136 e. The zero-order valence-corrected chi connectivity index (χ0v) is 15.1. The fourth-order valence-electron chi connectivity index (χ4n) is 2.11. The molecule has 0 radical (unpaired) electrons. The lowest BCUT2D eigenvalue weighted by molar-refractivity contribution is 0.0673. The van der Waals surface area contributed by atoms with Crippen molar-refractivity contribution in [1.82, 2.24) is 0 Å². The summed E-state index contributed by atoms with van der Waals surface area (Å²) in [6.07, 6.45) is -0.0229. The van der Waals surface area contributed by atoms with Crippen LogP contribution in [0.2, 0.25) is 0 Å². The summed E-state index contributed by atoms with van der Waals surface area (Å²) >= 11 is 12.0. The Labute approximate surface area is 140 Å². The van der Waals surface area contributed by atoms with E-state index < -0.39 is 6.10 Å². The normalized spacial score (nSPS) is 21.9. The minimum Gasteiger partial charge on any atom is -0.484 e. The predicted molar refractivity (Wildman–Crippen MR) is 86.8 cm³/mol. The second kappa shape index (κ2) is 5.48. The summed E-state index contributed by atoms with van der Waals surface area (Å²) in [6.45, 7) is 0. The van der Waals surface area contributed by atoms with Crippen molar-refractivity contribution in [2.24, 2.45) is 0 Å². The van der Waals surface area contributed by atoms with Gasteiger partial charge in [-0.05, 0) is 56.1 Å². The number of aliphatic hydroxyl groups excluding tert-OH is 1. The molecule has 6 heteroatoms. The summed E-state index contributed by atoms with van der Waals surface area (Å²) in [7, 11) is 0. The summed E-state index contributed by atoms with van der Waals surface area (Å²) in [5.74, 6) is 0.757. The number of ether oxygens (including phenoxy) is 1. The average molecular weight is 469 g/mol. The van der Waals surface area contributed by atoms with Crippen LogP contribution >= 0.6 is 59.1 Å². The SMILES string of the molecule is O[C@@H]1CC(c2cc(Br)c(Br)s2)Oc2ccc(Br)cc21. The Morgan fingerprint density at radius 2 is 2.00 bits per heavy atom.